The molecule has 1 aromatic carbocycles. The fraction of sp³-hybridized carbons (Fsp3) is 0.385. The summed E-state index contributed by atoms with van der Waals surface area (Å²) < 4.78 is 0. The van der Waals surface area contributed by atoms with E-state index in [9.17, 15) is 9.59 Å². The summed E-state index contributed by atoms with van der Waals surface area (Å²) >= 11 is 11.6. The second-order valence-corrected chi connectivity index (χ2v) is 5.35. The summed E-state index contributed by atoms with van der Waals surface area (Å²) in [5, 5.41) is 6.30. The third-order valence-electron chi connectivity index (χ3n) is 2.78. The molecular formula is C13H14Cl2N2O2. The van der Waals surface area contributed by atoms with Gasteiger partial charge in [0.05, 0.1) is 0 Å². The number of carbonyl (C=O) groups excluding carboxylic acids is 2. The van der Waals surface area contributed by atoms with Crippen LogP contribution in [0.25, 0.3) is 0 Å². The van der Waals surface area contributed by atoms with Gasteiger partial charge in [-0.2, -0.15) is 0 Å². The van der Waals surface area contributed by atoms with Crippen molar-refractivity contribution in [3.8, 4) is 0 Å². The van der Waals surface area contributed by atoms with Gasteiger partial charge in [0, 0.05) is 34.6 Å². The summed E-state index contributed by atoms with van der Waals surface area (Å²) in [6.45, 7) is 0.802. The highest BCUT2D eigenvalue weighted by Crippen LogP contribution is 2.28. The molecule has 1 aromatic rings. The minimum atomic E-state index is -0.259. The van der Waals surface area contributed by atoms with Crippen LogP contribution in [0.1, 0.15) is 23.2 Å². The van der Waals surface area contributed by atoms with Crippen LogP contribution in [0, 0.1) is 5.92 Å². The SMILES string of the molecule is O=C(NCCNC(=O)C1CC1)c1cc(Cl)cc(Cl)c1. The van der Waals surface area contributed by atoms with Gasteiger partial charge in [0.2, 0.25) is 5.91 Å². The number of halogens is 2. The highest BCUT2D eigenvalue weighted by molar-refractivity contribution is 6.35. The zero-order valence-corrected chi connectivity index (χ0v) is 11.7. The maximum absolute atomic E-state index is 11.8. The summed E-state index contributed by atoms with van der Waals surface area (Å²) in [5.41, 5.74) is 0.408. The third kappa shape index (κ3) is 4.40. The van der Waals surface area contributed by atoms with E-state index in [-0.39, 0.29) is 17.7 Å². The van der Waals surface area contributed by atoms with Crippen molar-refractivity contribution in [2.24, 2.45) is 5.92 Å². The number of hydrogen-bond acceptors (Lipinski definition) is 2. The van der Waals surface area contributed by atoms with Crippen LogP contribution in [0.15, 0.2) is 18.2 Å². The first kappa shape index (κ1) is 14.2. The highest BCUT2D eigenvalue weighted by Gasteiger charge is 2.28. The van der Waals surface area contributed by atoms with Crippen LogP contribution in [0.4, 0.5) is 0 Å². The number of benzene rings is 1. The smallest absolute Gasteiger partial charge is 0.251 e. The van der Waals surface area contributed by atoms with Crippen molar-refractivity contribution in [1.82, 2.24) is 10.6 Å². The Morgan fingerprint density at radius 2 is 1.63 bits per heavy atom. The van der Waals surface area contributed by atoms with E-state index in [1.54, 1.807) is 18.2 Å². The van der Waals surface area contributed by atoms with Crippen LogP contribution >= 0.6 is 23.2 Å². The molecule has 1 aliphatic rings. The standard InChI is InChI=1S/C13H14Cl2N2O2/c14-10-5-9(6-11(15)7-10)13(19)17-4-3-16-12(18)8-1-2-8/h5-8H,1-4H2,(H,16,18)(H,17,19). The lowest BCUT2D eigenvalue weighted by Crippen LogP contribution is -2.35. The van der Waals surface area contributed by atoms with Crippen molar-refractivity contribution >= 4 is 35.0 Å². The summed E-state index contributed by atoms with van der Waals surface area (Å²) in [6.07, 6.45) is 1.94. The lowest BCUT2D eigenvalue weighted by Gasteiger charge is -2.07. The maximum Gasteiger partial charge on any atom is 0.251 e. The Balaban J connectivity index is 1.75. The average molecular weight is 301 g/mol. The summed E-state index contributed by atoms with van der Waals surface area (Å²) in [5.74, 6) is -0.00689. The average Bonchev–Trinajstić information content (AvgIpc) is 3.17. The van der Waals surface area contributed by atoms with Crippen molar-refractivity contribution in [2.75, 3.05) is 13.1 Å². The molecule has 0 aromatic heterocycles. The number of hydrogen-bond donors (Lipinski definition) is 2. The van der Waals surface area contributed by atoms with Gasteiger partial charge in [-0.15, -0.1) is 0 Å². The molecule has 2 amide bonds. The van der Waals surface area contributed by atoms with Gasteiger partial charge in [-0.05, 0) is 31.0 Å². The number of nitrogens with one attached hydrogen (secondary N) is 2. The van der Waals surface area contributed by atoms with E-state index in [4.69, 9.17) is 23.2 Å². The quantitative estimate of drug-likeness (QED) is 0.820. The summed E-state index contributed by atoms with van der Waals surface area (Å²) in [4.78, 5) is 23.1. The highest BCUT2D eigenvalue weighted by atomic mass is 35.5. The monoisotopic (exact) mass is 300 g/mol. The maximum atomic E-state index is 11.8. The first-order chi connectivity index (χ1) is 9.06. The lowest BCUT2D eigenvalue weighted by atomic mass is 10.2. The van der Waals surface area contributed by atoms with E-state index in [1.807, 2.05) is 0 Å². The normalized spacial score (nSPS) is 14.0. The molecule has 2 rings (SSSR count). The van der Waals surface area contributed by atoms with Gasteiger partial charge in [-0.3, -0.25) is 9.59 Å². The second-order valence-electron chi connectivity index (χ2n) is 4.48. The Hall–Kier alpha value is -1.26. The van der Waals surface area contributed by atoms with Crippen LogP contribution in [-0.4, -0.2) is 24.9 Å². The van der Waals surface area contributed by atoms with Crippen LogP contribution in [0.5, 0.6) is 0 Å². The van der Waals surface area contributed by atoms with E-state index < -0.39 is 0 Å². The van der Waals surface area contributed by atoms with Crippen LogP contribution in [0.2, 0.25) is 10.0 Å². The van der Waals surface area contributed by atoms with Gasteiger partial charge in [-0.25, -0.2) is 0 Å². The molecule has 4 nitrogen and oxygen atoms in total. The fourth-order valence-electron chi connectivity index (χ4n) is 1.64. The van der Waals surface area contributed by atoms with Crippen molar-refractivity contribution in [2.45, 2.75) is 12.8 Å². The molecule has 102 valence electrons. The van der Waals surface area contributed by atoms with Crippen LogP contribution in [-0.2, 0) is 4.79 Å². The van der Waals surface area contributed by atoms with Crippen LogP contribution < -0.4 is 10.6 Å². The minimum absolute atomic E-state index is 0.0695. The molecule has 1 fully saturated rings. The van der Waals surface area contributed by atoms with E-state index in [0.717, 1.165) is 12.8 Å². The molecule has 1 aliphatic carbocycles. The first-order valence-corrected chi connectivity index (χ1v) is 6.84. The molecule has 0 saturated heterocycles. The summed E-state index contributed by atoms with van der Waals surface area (Å²) in [7, 11) is 0. The van der Waals surface area contributed by atoms with Gasteiger partial charge in [0.15, 0.2) is 0 Å². The molecule has 0 atom stereocenters. The number of carbonyl (C=O) groups is 2. The molecule has 0 bridgehead atoms. The molecule has 1 saturated carbocycles. The Kier molecular flexibility index (Phi) is 4.66. The molecule has 6 heteroatoms. The third-order valence-corrected chi connectivity index (χ3v) is 3.22. The van der Waals surface area contributed by atoms with Gasteiger partial charge in [0.1, 0.15) is 0 Å². The minimum Gasteiger partial charge on any atom is -0.354 e. The Morgan fingerprint density at radius 3 is 2.21 bits per heavy atom. The zero-order valence-electron chi connectivity index (χ0n) is 10.2. The van der Waals surface area contributed by atoms with E-state index in [1.165, 1.54) is 0 Å². The van der Waals surface area contributed by atoms with E-state index in [2.05, 4.69) is 10.6 Å². The largest absolute Gasteiger partial charge is 0.354 e. The predicted octanol–water partition coefficient (Wildman–Crippen LogP) is 2.25. The fourth-order valence-corrected chi connectivity index (χ4v) is 2.16. The van der Waals surface area contributed by atoms with Crippen molar-refractivity contribution < 1.29 is 9.59 Å². The van der Waals surface area contributed by atoms with Crippen molar-refractivity contribution in [1.29, 1.82) is 0 Å². The van der Waals surface area contributed by atoms with E-state index in [0.29, 0.717) is 28.7 Å². The molecule has 0 spiro atoms. The molecular weight excluding hydrogens is 287 g/mol. The van der Waals surface area contributed by atoms with E-state index >= 15 is 0 Å². The van der Waals surface area contributed by atoms with Gasteiger partial charge in [-0.1, -0.05) is 23.2 Å². The van der Waals surface area contributed by atoms with Gasteiger partial charge in [0.25, 0.3) is 5.91 Å². The zero-order chi connectivity index (χ0) is 13.8. The summed E-state index contributed by atoms with van der Waals surface area (Å²) in [6, 6.07) is 4.66. The van der Waals surface area contributed by atoms with Gasteiger partial charge >= 0.3 is 0 Å². The first-order valence-electron chi connectivity index (χ1n) is 6.08. The van der Waals surface area contributed by atoms with Crippen molar-refractivity contribution in [3.05, 3.63) is 33.8 Å². The Morgan fingerprint density at radius 1 is 1.05 bits per heavy atom. The number of rotatable bonds is 5. The van der Waals surface area contributed by atoms with Crippen LogP contribution in [0.3, 0.4) is 0 Å². The predicted molar refractivity (Wildman–Crippen MR) is 74.5 cm³/mol. The number of amides is 2. The molecule has 0 unspecified atom stereocenters. The Labute approximate surface area is 121 Å². The molecule has 0 heterocycles. The van der Waals surface area contributed by atoms with Gasteiger partial charge < -0.3 is 10.6 Å². The molecule has 0 aliphatic heterocycles. The molecule has 0 radical (unpaired) electrons. The topological polar surface area (TPSA) is 58.2 Å². The second kappa shape index (κ2) is 6.26. The molecule has 19 heavy (non-hydrogen) atoms. The Bertz CT molecular complexity index is 481. The van der Waals surface area contributed by atoms with Crippen molar-refractivity contribution in [3.63, 3.8) is 0 Å². The lowest BCUT2D eigenvalue weighted by molar-refractivity contribution is -0.122. The molecule has 2 N–H and O–H groups in total.